The molecule has 0 aromatic heterocycles. The van der Waals surface area contributed by atoms with Crippen molar-refractivity contribution in [1.82, 2.24) is 4.90 Å². The van der Waals surface area contributed by atoms with Gasteiger partial charge in [0.2, 0.25) is 0 Å². The first kappa shape index (κ1) is 43.8. The summed E-state index contributed by atoms with van der Waals surface area (Å²) in [6.45, 7) is 2.49. The first-order valence-electron chi connectivity index (χ1n) is 8.45. The van der Waals surface area contributed by atoms with Gasteiger partial charge in [0.1, 0.15) is 12.6 Å². The molecule has 0 aliphatic carbocycles. The van der Waals surface area contributed by atoms with Gasteiger partial charge in [-0.2, -0.15) is 0 Å². The molecule has 0 aromatic rings. The molecule has 0 heterocycles. The predicted octanol–water partition coefficient (Wildman–Crippen LogP) is 1.96. The number of unbranched alkanes of at least 4 members (excludes halogenated alkanes) is 9. The van der Waals surface area contributed by atoms with Crippen molar-refractivity contribution in [2.45, 2.75) is 71.1 Å². The smallest absolute Gasteiger partial charge is 0.324 e. The van der Waals surface area contributed by atoms with Crippen LogP contribution in [0.5, 0.6) is 0 Å². The van der Waals surface area contributed by atoms with E-state index in [1.165, 1.54) is 43.4 Å². The van der Waals surface area contributed by atoms with Gasteiger partial charge in [-0.15, -0.1) is 0 Å². The van der Waals surface area contributed by atoms with E-state index in [0.29, 0.717) is 13.0 Å². The van der Waals surface area contributed by atoms with Gasteiger partial charge in [-0.3, -0.25) is 14.0 Å². The molecular weight excluding hydrogens is 496 g/mol. The standard InChI is InChI=1S/C14H33NO6P2.4K/c1-2-3-4-5-6-7-8-9-10-11-12-15(13-22(16,17)18)14-23(19,20)21;;;;/h2-14H2,1H3,(H2,16,17,18)(H2,19,20,21);;;;. The van der Waals surface area contributed by atoms with Crippen molar-refractivity contribution in [3.05, 3.63) is 0 Å². The van der Waals surface area contributed by atoms with Crippen LogP contribution in [-0.4, -0.2) is 249 Å². The van der Waals surface area contributed by atoms with Gasteiger partial charge < -0.3 is 19.6 Å². The second kappa shape index (κ2) is 27.4. The van der Waals surface area contributed by atoms with E-state index in [2.05, 4.69) is 6.92 Å². The Morgan fingerprint density at radius 2 is 0.889 bits per heavy atom. The maximum absolute atomic E-state index is 11.0. The van der Waals surface area contributed by atoms with E-state index in [9.17, 15) is 9.13 Å². The SMILES string of the molecule is CCCCCCCCCCCCN(CP(=O)(O)O)CP(=O)(O)O.[K].[K].[K].[K]. The van der Waals surface area contributed by atoms with Crippen LogP contribution < -0.4 is 0 Å². The summed E-state index contributed by atoms with van der Waals surface area (Å²) in [5.74, 6) is 0. The average Bonchev–Trinajstić information content (AvgIpc) is 2.37. The van der Waals surface area contributed by atoms with E-state index < -0.39 is 27.8 Å². The van der Waals surface area contributed by atoms with Gasteiger partial charge in [0, 0.05) is 206 Å². The number of hydrogen-bond acceptors (Lipinski definition) is 3. The van der Waals surface area contributed by atoms with Gasteiger partial charge in [0.05, 0.1) is 0 Å². The van der Waals surface area contributed by atoms with Crippen molar-refractivity contribution < 1.29 is 28.7 Å². The molecule has 0 aliphatic heterocycles. The average molecular weight is 530 g/mol. The molecule has 0 aliphatic rings. The Morgan fingerprint density at radius 3 is 1.19 bits per heavy atom. The normalized spacial score (nSPS) is 11.0. The van der Waals surface area contributed by atoms with Gasteiger partial charge in [-0.25, -0.2) is 0 Å². The van der Waals surface area contributed by atoms with E-state index in [4.69, 9.17) is 19.6 Å². The predicted molar refractivity (Wildman–Crippen MR) is 115 cm³/mol. The fourth-order valence-electron chi connectivity index (χ4n) is 2.53. The van der Waals surface area contributed by atoms with E-state index in [0.717, 1.165) is 19.3 Å². The van der Waals surface area contributed by atoms with Crippen LogP contribution in [0.25, 0.3) is 0 Å². The molecule has 0 fully saturated rings. The number of hydrogen-bond donors (Lipinski definition) is 4. The first-order valence-corrected chi connectivity index (χ1v) is 12.0. The van der Waals surface area contributed by atoms with Crippen LogP contribution in [0.15, 0.2) is 0 Å². The second-order valence-corrected chi connectivity index (χ2v) is 9.41. The van der Waals surface area contributed by atoms with Crippen LogP contribution in [0.4, 0.5) is 0 Å². The molecule has 4 N–H and O–H groups in total. The summed E-state index contributed by atoms with van der Waals surface area (Å²) in [6, 6.07) is 0. The molecule has 4 radical (unpaired) electrons. The molecular formula is C14H33K4NO6P2. The molecule has 0 bridgehead atoms. The molecule has 0 unspecified atom stereocenters. The van der Waals surface area contributed by atoms with Crippen LogP contribution in [0.1, 0.15) is 71.1 Å². The quantitative estimate of drug-likeness (QED) is 0.145. The van der Waals surface area contributed by atoms with E-state index >= 15 is 0 Å². The number of nitrogens with zero attached hydrogens (tertiary/aromatic N) is 1. The molecule has 0 aromatic carbocycles. The molecule has 0 saturated carbocycles. The molecule has 0 amide bonds. The third-order valence-corrected chi connectivity index (χ3v) is 5.13. The Hall–Kier alpha value is 6.81. The molecule has 0 spiro atoms. The van der Waals surface area contributed by atoms with E-state index in [-0.39, 0.29) is 206 Å². The Labute approximate surface area is 335 Å². The van der Waals surface area contributed by atoms with Gasteiger partial charge in [0.15, 0.2) is 0 Å². The Kier molecular flexibility index (Phi) is 44.5. The van der Waals surface area contributed by atoms with E-state index in [1.807, 2.05) is 0 Å². The molecule has 144 valence electrons. The van der Waals surface area contributed by atoms with Crippen molar-refractivity contribution in [1.29, 1.82) is 0 Å². The third kappa shape index (κ3) is 37.5. The summed E-state index contributed by atoms with van der Waals surface area (Å²) in [5.41, 5.74) is 0. The minimum atomic E-state index is -4.31. The van der Waals surface area contributed by atoms with Crippen LogP contribution in [-0.2, 0) is 9.13 Å². The fraction of sp³-hybridized carbons (Fsp3) is 1.00. The van der Waals surface area contributed by atoms with Crippen LogP contribution in [0, 0.1) is 0 Å². The maximum Gasteiger partial charge on any atom is 0.339 e. The Morgan fingerprint density at radius 1 is 0.593 bits per heavy atom. The maximum atomic E-state index is 11.0. The molecule has 7 nitrogen and oxygen atoms in total. The van der Waals surface area contributed by atoms with Crippen molar-refractivity contribution in [3.63, 3.8) is 0 Å². The van der Waals surface area contributed by atoms with Crippen molar-refractivity contribution in [2.75, 3.05) is 19.1 Å². The summed E-state index contributed by atoms with van der Waals surface area (Å²) >= 11 is 0. The zero-order valence-corrected chi connectivity index (χ0v) is 32.4. The molecule has 13 heteroatoms. The van der Waals surface area contributed by atoms with Crippen LogP contribution in [0.3, 0.4) is 0 Å². The number of rotatable bonds is 15. The molecule has 27 heavy (non-hydrogen) atoms. The topological polar surface area (TPSA) is 118 Å². The van der Waals surface area contributed by atoms with Gasteiger partial charge in [-0.1, -0.05) is 64.7 Å². The van der Waals surface area contributed by atoms with Gasteiger partial charge in [0.25, 0.3) is 0 Å². The minimum Gasteiger partial charge on any atom is -0.324 e. The molecule has 0 saturated heterocycles. The molecule has 0 atom stereocenters. The second-order valence-electron chi connectivity index (χ2n) is 6.19. The van der Waals surface area contributed by atoms with Gasteiger partial charge >= 0.3 is 15.2 Å². The minimum absolute atomic E-state index is 0. The summed E-state index contributed by atoms with van der Waals surface area (Å²) in [4.78, 5) is 37.0. The zero-order valence-electron chi connectivity index (χ0n) is 18.1. The van der Waals surface area contributed by atoms with Crippen molar-refractivity contribution >= 4 is 221 Å². The zero-order chi connectivity index (χ0) is 17.8. The van der Waals surface area contributed by atoms with Crippen molar-refractivity contribution in [3.8, 4) is 0 Å². The van der Waals surface area contributed by atoms with Crippen LogP contribution in [0.2, 0.25) is 0 Å². The Balaban J connectivity index is -0.000000403. The largest absolute Gasteiger partial charge is 0.339 e. The van der Waals surface area contributed by atoms with Gasteiger partial charge in [-0.05, 0) is 13.0 Å². The Bertz CT molecular complexity index is 374. The van der Waals surface area contributed by atoms with Crippen LogP contribution >= 0.6 is 15.2 Å². The molecule has 0 rings (SSSR count). The summed E-state index contributed by atoms with van der Waals surface area (Å²) in [5, 5.41) is 0. The summed E-state index contributed by atoms with van der Waals surface area (Å²) in [6.07, 6.45) is 10.2. The van der Waals surface area contributed by atoms with E-state index in [1.54, 1.807) is 0 Å². The summed E-state index contributed by atoms with van der Waals surface area (Å²) < 4.78 is 22.0. The fourth-order valence-corrected chi connectivity index (χ4v) is 4.21. The first-order chi connectivity index (χ1) is 10.6. The van der Waals surface area contributed by atoms with Crippen molar-refractivity contribution in [2.24, 2.45) is 0 Å². The third-order valence-electron chi connectivity index (χ3n) is 3.60. The monoisotopic (exact) mass is 529 g/mol. The summed E-state index contributed by atoms with van der Waals surface area (Å²) in [7, 11) is -8.61.